The molecule has 1 N–H and O–H groups in total. The van der Waals surface area contributed by atoms with Gasteiger partial charge in [-0.05, 0) is 56.7 Å². The van der Waals surface area contributed by atoms with Gasteiger partial charge in [-0.1, -0.05) is 11.6 Å². The highest BCUT2D eigenvalue weighted by Gasteiger charge is 2.41. The average molecular weight is 495 g/mol. The Bertz CT molecular complexity index is 1270. The molecule has 2 aliphatic heterocycles. The molecule has 0 bridgehead atoms. The SMILES string of the molecule is COc1cc([C@@H](C)C(=O)N2CCC[C@]3(CCc4cc(-c5cnn(C)c5)c(C)nc4N3)C2)c(Cl)cn1. The van der Waals surface area contributed by atoms with Crippen molar-refractivity contribution < 1.29 is 9.53 Å². The fraction of sp³-hybridized carbons (Fsp3) is 0.462. The van der Waals surface area contributed by atoms with Gasteiger partial charge >= 0.3 is 0 Å². The van der Waals surface area contributed by atoms with Crippen LogP contribution in [0.2, 0.25) is 5.02 Å². The average Bonchev–Trinajstić information content (AvgIpc) is 3.29. The number of hydrogen-bond donors (Lipinski definition) is 1. The van der Waals surface area contributed by atoms with E-state index in [2.05, 4.69) is 21.5 Å². The van der Waals surface area contributed by atoms with E-state index in [-0.39, 0.29) is 17.4 Å². The summed E-state index contributed by atoms with van der Waals surface area (Å²) in [5, 5.41) is 8.53. The normalized spacial score (nSPS) is 20.3. The number of carbonyl (C=O) groups excluding carboxylic acids is 1. The summed E-state index contributed by atoms with van der Waals surface area (Å²) in [5.74, 6) is 1.08. The molecule has 2 atom stereocenters. The maximum Gasteiger partial charge on any atom is 0.229 e. The van der Waals surface area contributed by atoms with Crippen LogP contribution >= 0.6 is 11.6 Å². The van der Waals surface area contributed by atoms with Crippen LogP contribution in [0.5, 0.6) is 5.88 Å². The lowest BCUT2D eigenvalue weighted by molar-refractivity contribution is -0.134. The topological polar surface area (TPSA) is 85.2 Å². The summed E-state index contributed by atoms with van der Waals surface area (Å²) in [6, 6.07) is 3.99. The molecule has 2 aliphatic rings. The Labute approximate surface area is 210 Å². The van der Waals surface area contributed by atoms with Gasteiger partial charge in [-0.25, -0.2) is 9.97 Å². The molecule has 3 aromatic rings. The van der Waals surface area contributed by atoms with Gasteiger partial charge in [0.15, 0.2) is 0 Å². The van der Waals surface area contributed by atoms with Crippen LogP contribution in [0.3, 0.4) is 0 Å². The van der Waals surface area contributed by atoms with Crippen LogP contribution < -0.4 is 10.1 Å². The number of ether oxygens (including phenoxy) is 1. The Morgan fingerprint density at radius 2 is 2.11 bits per heavy atom. The number of likely N-dealkylation sites (tertiary alicyclic amines) is 1. The van der Waals surface area contributed by atoms with Gasteiger partial charge in [-0.15, -0.1) is 0 Å². The number of amides is 1. The first kappa shape index (κ1) is 23.6. The smallest absolute Gasteiger partial charge is 0.229 e. The molecule has 5 rings (SSSR count). The molecule has 5 heterocycles. The van der Waals surface area contributed by atoms with Crippen molar-refractivity contribution in [3.05, 3.63) is 52.6 Å². The summed E-state index contributed by atoms with van der Waals surface area (Å²) in [6.07, 6.45) is 9.29. The number of pyridine rings is 2. The highest BCUT2D eigenvalue weighted by Crippen LogP contribution is 2.39. The van der Waals surface area contributed by atoms with Crippen LogP contribution in [0, 0.1) is 6.92 Å². The van der Waals surface area contributed by atoms with Gasteiger partial charge in [0.25, 0.3) is 0 Å². The molecule has 0 saturated carbocycles. The lowest BCUT2D eigenvalue weighted by Gasteiger charge is -2.47. The number of halogens is 1. The van der Waals surface area contributed by atoms with Crippen molar-refractivity contribution in [1.29, 1.82) is 0 Å². The predicted octanol–water partition coefficient (Wildman–Crippen LogP) is 4.37. The maximum absolute atomic E-state index is 13.5. The van der Waals surface area contributed by atoms with Crippen LogP contribution in [0.25, 0.3) is 11.1 Å². The molecule has 9 heteroatoms. The number of carbonyl (C=O) groups is 1. The summed E-state index contributed by atoms with van der Waals surface area (Å²) in [5.41, 5.74) is 4.96. The van der Waals surface area contributed by atoms with Crippen LogP contribution in [0.15, 0.2) is 30.7 Å². The van der Waals surface area contributed by atoms with E-state index in [4.69, 9.17) is 21.3 Å². The second kappa shape index (κ2) is 9.15. The minimum atomic E-state index is -0.382. The quantitative estimate of drug-likeness (QED) is 0.579. The van der Waals surface area contributed by atoms with Crippen molar-refractivity contribution in [2.24, 2.45) is 7.05 Å². The van der Waals surface area contributed by atoms with E-state index in [9.17, 15) is 4.79 Å². The van der Waals surface area contributed by atoms with E-state index >= 15 is 0 Å². The maximum atomic E-state index is 13.5. The van der Waals surface area contributed by atoms with E-state index in [1.54, 1.807) is 19.4 Å². The van der Waals surface area contributed by atoms with Gasteiger partial charge in [0.2, 0.25) is 11.8 Å². The number of piperidine rings is 1. The molecule has 1 saturated heterocycles. The Morgan fingerprint density at radius 1 is 1.29 bits per heavy atom. The molecule has 0 aliphatic carbocycles. The summed E-state index contributed by atoms with van der Waals surface area (Å²) >= 11 is 6.39. The first-order valence-corrected chi connectivity index (χ1v) is 12.4. The van der Waals surface area contributed by atoms with Crippen LogP contribution in [-0.4, -0.2) is 56.3 Å². The predicted molar refractivity (Wildman–Crippen MR) is 136 cm³/mol. The minimum Gasteiger partial charge on any atom is -0.481 e. The zero-order chi connectivity index (χ0) is 24.7. The third-order valence-electron chi connectivity index (χ3n) is 7.36. The second-order valence-electron chi connectivity index (χ2n) is 9.77. The zero-order valence-corrected chi connectivity index (χ0v) is 21.4. The molecule has 1 spiro atoms. The van der Waals surface area contributed by atoms with E-state index in [1.807, 2.05) is 42.9 Å². The highest BCUT2D eigenvalue weighted by atomic mass is 35.5. The molecule has 0 aromatic carbocycles. The van der Waals surface area contributed by atoms with Crippen molar-refractivity contribution in [2.45, 2.75) is 51.0 Å². The van der Waals surface area contributed by atoms with Crippen molar-refractivity contribution >= 4 is 23.3 Å². The number of nitrogens with one attached hydrogen (secondary N) is 1. The number of rotatable bonds is 4. The Hall–Kier alpha value is -3.13. The van der Waals surface area contributed by atoms with Gasteiger partial charge in [0.05, 0.1) is 29.8 Å². The van der Waals surface area contributed by atoms with Gasteiger partial charge in [0, 0.05) is 55.4 Å². The Morgan fingerprint density at radius 3 is 2.86 bits per heavy atom. The first-order valence-electron chi connectivity index (χ1n) is 12.0. The number of anilines is 1. The van der Waals surface area contributed by atoms with E-state index in [0.29, 0.717) is 17.4 Å². The molecule has 8 nitrogen and oxygen atoms in total. The number of nitrogens with zero attached hydrogens (tertiary/aromatic N) is 5. The zero-order valence-electron chi connectivity index (χ0n) is 20.6. The summed E-state index contributed by atoms with van der Waals surface area (Å²) < 4.78 is 7.05. The highest BCUT2D eigenvalue weighted by molar-refractivity contribution is 6.31. The number of methoxy groups -OCH3 is 1. The van der Waals surface area contributed by atoms with Crippen molar-refractivity contribution in [3.63, 3.8) is 0 Å². The molecule has 35 heavy (non-hydrogen) atoms. The van der Waals surface area contributed by atoms with Gasteiger partial charge in [-0.3, -0.25) is 9.48 Å². The van der Waals surface area contributed by atoms with E-state index in [0.717, 1.165) is 60.4 Å². The molecule has 1 fully saturated rings. The van der Waals surface area contributed by atoms with E-state index < -0.39 is 0 Å². The third kappa shape index (κ3) is 4.47. The largest absolute Gasteiger partial charge is 0.481 e. The minimum absolute atomic E-state index is 0.0721. The first-order chi connectivity index (χ1) is 16.8. The molecule has 1 amide bonds. The lowest BCUT2D eigenvalue weighted by atomic mass is 9.80. The standard InChI is InChI=1S/C26H31ClN6O2/c1-16(20-11-23(35-4)28-13-22(20)27)25(34)33-9-5-7-26(15-33)8-6-18-10-21(17(2)30-24(18)31-26)19-12-29-32(3)14-19/h10-14,16H,5-9,15H2,1-4H3,(H,30,31)/t16-,26+/m1/s1. The molecule has 0 unspecified atom stereocenters. The number of aryl methyl sites for hydroxylation is 3. The van der Waals surface area contributed by atoms with Crippen LogP contribution in [-0.2, 0) is 18.3 Å². The number of aromatic nitrogens is 4. The molecular formula is C26H31ClN6O2. The van der Waals surface area contributed by atoms with Crippen molar-refractivity contribution in [1.82, 2.24) is 24.6 Å². The molecule has 184 valence electrons. The Kier molecular flexibility index (Phi) is 6.17. The lowest BCUT2D eigenvalue weighted by Crippen LogP contribution is -2.56. The fourth-order valence-electron chi connectivity index (χ4n) is 5.40. The van der Waals surface area contributed by atoms with Crippen LogP contribution in [0.1, 0.15) is 48.9 Å². The van der Waals surface area contributed by atoms with Crippen molar-refractivity contribution in [2.75, 3.05) is 25.5 Å². The van der Waals surface area contributed by atoms with Crippen molar-refractivity contribution in [3.8, 4) is 17.0 Å². The number of hydrogen-bond acceptors (Lipinski definition) is 6. The van der Waals surface area contributed by atoms with Gasteiger partial charge in [-0.2, -0.15) is 5.10 Å². The molecule has 0 radical (unpaired) electrons. The number of fused-ring (bicyclic) bond motifs is 1. The van der Waals surface area contributed by atoms with Gasteiger partial charge in [0.1, 0.15) is 5.82 Å². The van der Waals surface area contributed by atoms with Crippen LogP contribution in [0.4, 0.5) is 5.82 Å². The summed E-state index contributed by atoms with van der Waals surface area (Å²) in [7, 11) is 3.48. The third-order valence-corrected chi connectivity index (χ3v) is 7.67. The summed E-state index contributed by atoms with van der Waals surface area (Å²) in [4.78, 5) is 24.6. The van der Waals surface area contributed by atoms with E-state index in [1.165, 1.54) is 5.56 Å². The Balaban J connectivity index is 1.35. The monoisotopic (exact) mass is 494 g/mol. The molecular weight excluding hydrogens is 464 g/mol. The van der Waals surface area contributed by atoms with Gasteiger partial charge < -0.3 is 15.0 Å². The summed E-state index contributed by atoms with van der Waals surface area (Å²) in [6.45, 7) is 5.33. The molecule has 3 aromatic heterocycles. The second-order valence-corrected chi connectivity index (χ2v) is 10.2. The fourth-order valence-corrected chi connectivity index (χ4v) is 5.66.